The van der Waals surface area contributed by atoms with Crippen LogP contribution in [0.3, 0.4) is 0 Å². The fourth-order valence-corrected chi connectivity index (χ4v) is 3.86. The number of anilines is 1. The van der Waals surface area contributed by atoms with Gasteiger partial charge in [-0.05, 0) is 19.4 Å². The van der Waals surface area contributed by atoms with E-state index in [1.54, 1.807) is 13.1 Å². The maximum Gasteiger partial charge on any atom is 0.244 e. The van der Waals surface area contributed by atoms with Crippen molar-refractivity contribution >= 4 is 27.0 Å². The van der Waals surface area contributed by atoms with E-state index in [2.05, 4.69) is 14.7 Å². The van der Waals surface area contributed by atoms with E-state index in [1.807, 2.05) is 6.92 Å². The molecule has 0 spiro atoms. The van der Waals surface area contributed by atoms with E-state index in [0.717, 1.165) is 16.3 Å². The minimum absolute atomic E-state index is 0.0147. The molecule has 6 nitrogen and oxygen atoms in total. The SMILES string of the molecule is CCc1cnc(C(C)NS(=O)(=O)c2cnccc2N)s1. The number of hydrogen-bond donors (Lipinski definition) is 2. The van der Waals surface area contributed by atoms with Crippen molar-refractivity contribution in [2.75, 3.05) is 5.73 Å². The lowest BCUT2D eigenvalue weighted by Crippen LogP contribution is -2.27. The number of aryl methyl sites for hydroxylation is 1. The molecule has 2 heterocycles. The zero-order valence-electron chi connectivity index (χ0n) is 11.2. The lowest BCUT2D eigenvalue weighted by molar-refractivity contribution is 0.566. The third-order valence-electron chi connectivity index (χ3n) is 2.73. The van der Waals surface area contributed by atoms with E-state index in [4.69, 9.17) is 5.73 Å². The Hall–Kier alpha value is -1.51. The molecule has 2 aromatic rings. The van der Waals surface area contributed by atoms with Crippen LogP contribution >= 0.6 is 11.3 Å². The molecule has 0 fully saturated rings. The average molecular weight is 312 g/mol. The van der Waals surface area contributed by atoms with Gasteiger partial charge in [0, 0.05) is 23.5 Å². The molecule has 0 saturated carbocycles. The number of rotatable bonds is 5. The summed E-state index contributed by atoms with van der Waals surface area (Å²) in [5, 5.41) is 0.730. The molecule has 1 unspecified atom stereocenters. The first-order valence-corrected chi connectivity index (χ1v) is 8.40. The molecule has 8 heteroatoms. The summed E-state index contributed by atoms with van der Waals surface area (Å²) in [5.41, 5.74) is 5.85. The van der Waals surface area contributed by atoms with Crippen LogP contribution in [-0.2, 0) is 16.4 Å². The van der Waals surface area contributed by atoms with Gasteiger partial charge in [0.1, 0.15) is 9.90 Å². The van der Waals surface area contributed by atoms with E-state index >= 15 is 0 Å². The number of sulfonamides is 1. The van der Waals surface area contributed by atoms with Crippen LogP contribution in [0.1, 0.15) is 29.8 Å². The number of pyridine rings is 1. The fraction of sp³-hybridized carbons (Fsp3) is 0.333. The quantitative estimate of drug-likeness (QED) is 0.876. The molecule has 2 rings (SSSR count). The van der Waals surface area contributed by atoms with Gasteiger partial charge in [0.15, 0.2) is 0 Å². The molecule has 3 N–H and O–H groups in total. The van der Waals surface area contributed by atoms with Crippen molar-refractivity contribution < 1.29 is 8.42 Å². The highest BCUT2D eigenvalue weighted by Gasteiger charge is 2.22. The van der Waals surface area contributed by atoms with Crippen LogP contribution in [0.15, 0.2) is 29.6 Å². The predicted octanol–water partition coefficient (Wildman–Crippen LogP) is 1.72. The van der Waals surface area contributed by atoms with Crippen LogP contribution in [0.25, 0.3) is 0 Å². The Bertz CT molecular complexity index is 697. The largest absolute Gasteiger partial charge is 0.398 e. The molecule has 0 aliphatic heterocycles. The van der Waals surface area contributed by atoms with Crippen LogP contribution in [0.4, 0.5) is 5.69 Å². The van der Waals surface area contributed by atoms with Gasteiger partial charge in [-0.25, -0.2) is 18.1 Å². The standard InChI is InChI=1S/C12H16N4O2S2/c1-3-9-6-15-12(19-9)8(2)16-20(17,18)11-7-14-5-4-10(11)13/h4-8,16H,3H2,1-2H3,(H2,13,14). The zero-order valence-corrected chi connectivity index (χ0v) is 12.8. The Kier molecular flexibility index (Phi) is 4.36. The van der Waals surface area contributed by atoms with E-state index < -0.39 is 16.1 Å². The van der Waals surface area contributed by atoms with Gasteiger partial charge in [-0.2, -0.15) is 0 Å². The molecule has 0 bridgehead atoms. The van der Waals surface area contributed by atoms with Crippen molar-refractivity contribution in [3.05, 3.63) is 34.5 Å². The fourth-order valence-electron chi connectivity index (χ4n) is 1.65. The van der Waals surface area contributed by atoms with Crippen LogP contribution in [-0.4, -0.2) is 18.4 Å². The number of nitrogens with zero attached hydrogens (tertiary/aromatic N) is 2. The normalized spacial score (nSPS) is 13.3. The first-order valence-electron chi connectivity index (χ1n) is 6.10. The third-order valence-corrected chi connectivity index (χ3v) is 5.64. The molecule has 0 aliphatic rings. The molecule has 0 saturated heterocycles. The van der Waals surface area contributed by atoms with Crippen molar-refractivity contribution in [1.29, 1.82) is 0 Å². The molecular weight excluding hydrogens is 296 g/mol. The predicted molar refractivity (Wildman–Crippen MR) is 78.9 cm³/mol. The summed E-state index contributed by atoms with van der Waals surface area (Å²) in [4.78, 5) is 9.13. The highest BCUT2D eigenvalue weighted by Crippen LogP contribution is 2.23. The van der Waals surface area contributed by atoms with Crippen molar-refractivity contribution in [2.24, 2.45) is 0 Å². The first kappa shape index (κ1) is 14.9. The zero-order chi connectivity index (χ0) is 14.8. The Morgan fingerprint density at radius 3 is 2.80 bits per heavy atom. The number of nitrogens with one attached hydrogen (secondary N) is 1. The number of hydrogen-bond acceptors (Lipinski definition) is 6. The minimum Gasteiger partial charge on any atom is -0.398 e. The van der Waals surface area contributed by atoms with E-state index in [9.17, 15) is 8.42 Å². The Morgan fingerprint density at radius 2 is 2.20 bits per heavy atom. The average Bonchev–Trinajstić information content (AvgIpc) is 2.87. The second-order valence-corrected chi connectivity index (χ2v) is 7.10. The van der Waals surface area contributed by atoms with Crippen molar-refractivity contribution in [2.45, 2.75) is 31.2 Å². The van der Waals surface area contributed by atoms with Crippen LogP contribution in [0.5, 0.6) is 0 Å². The summed E-state index contributed by atoms with van der Waals surface area (Å²) >= 11 is 1.50. The summed E-state index contributed by atoms with van der Waals surface area (Å²) in [6, 6.07) is 1.04. The van der Waals surface area contributed by atoms with E-state index in [0.29, 0.717) is 0 Å². The summed E-state index contributed by atoms with van der Waals surface area (Å²) in [6.07, 6.45) is 5.34. The summed E-state index contributed by atoms with van der Waals surface area (Å²) in [6.45, 7) is 3.78. The summed E-state index contributed by atoms with van der Waals surface area (Å²) in [5.74, 6) is 0. The third kappa shape index (κ3) is 3.14. The number of thiazole rings is 1. The Morgan fingerprint density at radius 1 is 1.45 bits per heavy atom. The van der Waals surface area contributed by atoms with Gasteiger partial charge in [-0.3, -0.25) is 4.98 Å². The van der Waals surface area contributed by atoms with Crippen LogP contribution in [0, 0.1) is 0 Å². The van der Waals surface area contributed by atoms with Crippen molar-refractivity contribution in [3.63, 3.8) is 0 Å². The monoisotopic (exact) mass is 312 g/mol. The number of nitrogen functional groups attached to an aromatic ring is 1. The van der Waals surface area contributed by atoms with Crippen LogP contribution in [0.2, 0.25) is 0 Å². The lowest BCUT2D eigenvalue weighted by atomic mass is 10.4. The van der Waals surface area contributed by atoms with Gasteiger partial charge in [0.25, 0.3) is 0 Å². The van der Waals surface area contributed by atoms with Gasteiger partial charge >= 0.3 is 0 Å². The molecule has 0 aliphatic carbocycles. The second-order valence-electron chi connectivity index (χ2n) is 4.27. The maximum absolute atomic E-state index is 12.3. The Labute approximate surface area is 122 Å². The summed E-state index contributed by atoms with van der Waals surface area (Å²) in [7, 11) is -3.71. The van der Waals surface area contributed by atoms with E-state index in [1.165, 1.54) is 29.8 Å². The highest BCUT2D eigenvalue weighted by molar-refractivity contribution is 7.89. The number of aromatic nitrogens is 2. The topological polar surface area (TPSA) is 98.0 Å². The van der Waals surface area contributed by atoms with Gasteiger partial charge in [0.05, 0.1) is 11.7 Å². The molecule has 108 valence electrons. The van der Waals surface area contributed by atoms with Crippen LogP contribution < -0.4 is 10.5 Å². The number of nitrogens with two attached hydrogens (primary N) is 1. The molecule has 0 amide bonds. The summed E-state index contributed by atoms with van der Waals surface area (Å²) < 4.78 is 27.1. The molecule has 0 aromatic carbocycles. The van der Waals surface area contributed by atoms with E-state index in [-0.39, 0.29) is 10.6 Å². The molecular formula is C12H16N4O2S2. The first-order chi connectivity index (χ1) is 9.44. The lowest BCUT2D eigenvalue weighted by Gasteiger charge is -2.12. The molecule has 0 radical (unpaired) electrons. The van der Waals surface area contributed by atoms with Gasteiger partial charge in [-0.1, -0.05) is 6.92 Å². The smallest absolute Gasteiger partial charge is 0.244 e. The van der Waals surface area contributed by atoms with Gasteiger partial charge in [-0.15, -0.1) is 11.3 Å². The maximum atomic E-state index is 12.3. The molecule has 1 atom stereocenters. The highest BCUT2D eigenvalue weighted by atomic mass is 32.2. The second kappa shape index (κ2) is 5.86. The minimum atomic E-state index is -3.71. The molecule has 20 heavy (non-hydrogen) atoms. The van der Waals surface area contributed by atoms with Gasteiger partial charge < -0.3 is 5.73 Å². The van der Waals surface area contributed by atoms with Gasteiger partial charge in [0.2, 0.25) is 10.0 Å². The van der Waals surface area contributed by atoms with Crippen molar-refractivity contribution in [3.8, 4) is 0 Å². The molecule has 2 aromatic heterocycles. The Balaban J connectivity index is 2.22. The van der Waals surface area contributed by atoms with Crippen molar-refractivity contribution in [1.82, 2.24) is 14.7 Å².